The Morgan fingerprint density at radius 2 is 2.05 bits per heavy atom. The van der Waals surface area contributed by atoms with Crippen LogP contribution < -0.4 is 16.2 Å². The summed E-state index contributed by atoms with van der Waals surface area (Å²) in [5.41, 5.74) is 3.47. The lowest BCUT2D eigenvalue weighted by Gasteiger charge is -2.38. The van der Waals surface area contributed by atoms with Gasteiger partial charge in [-0.3, -0.25) is 5.43 Å². The Labute approximate surface area is 118 Å². The summed E-state index contributed by atoms with van der Waals surface area (Å²) in [5.74, 6) is 6.91. The van der Waals surface area contributed by atoms with Crippen molar-refractivity contribution in [1.29, 1.82) is 0 Å². The smallest absolute Gasteiger partial charge is 0.239 e. The van der Waals surface area contributed by atoms with Gasteiger partial charge < -0.3 is 9.80 Å². The van der Waals surface area contributed by atoms with Gasteiger partial charge >= 0.3 is 0 Å². The summed E-state index contributed by atoms with van der Waals surface area (Å²) in [5, 5.41) is 1.07. The molecular formula is C14H20N6. The van der Waals surface area contributed by atoms with Crippen molar-refractivity contribution in [1.82, 2.24) is 14.9 Å². The van der Waals surface area contributed by atoms with Gasteiger partial charge in [-0.15, -0.1) is 0 Å². The molecule has 1 aromatic heterocycles. The van der Waals surface area contributed by atoms with Crippen LogP contribution >= 0.6 is 0 Å². The van der Waals surface area contributed by atoms with Crippen LogP contribution in [0.25, 0.3) is 10.9 Å². The van der Waals surface area contributed by atoms with Gasteiger partial charge in [0, 0.05) is 31.1 Å². The summed E-state index contributed by atoms with van der Waals surface area (Å²) in [7, 11) is 2.16. The summed E-state index contributed by atoms with van der Waals surface area (Å²) in [6, 6.07) is 8.55. The molecule has 3 rings (SSSR count). The van der Waals surface area contributed by atoms with Gasteiger partial charge in [-0.1, -0.05) is 12.1 Å². The van der Waals surface area contributed by atoms with Crippen LogP contribution in [0.3, 0.4) is 0 Å². The van der Waals surface area contributed by atoms with Crippen molar-refractivity contribution in [2.45, 2.75) is 13.0 Å². The van der Waals surface area contributed by atoms with E-state index < -0.39 is 0 Å². The fourth-order valence-corrected chi connectivity index (χ4v) is 2.61. The number of nitrogens with two attached hydrogens (primary N) is 1. The molecule has 1 fully saturated rings. The number of aromatic nitrogens is 2. The lowest BCUT2D eigenvalue weighted by Crippen LogP contribution is -2.50. The van der Waals surface area contributed by atoms with Gasteiger partial charge in [0.25, 0.3) is 0 Å². The molecule has 1 aromatic carbocycles. The van der Waals surface area contributed by atoms with E-state index in [1.54, 1.807) is 0 Å². The number of nitrogen functional groups attached to an aromatic ring is 1. The molecular weight excluding hydrogens is 252 g/mol. The minimum atomic E-state index is 0.463. The highest BCUT2D eigenvalue weighted by atomic mass is 15.3. The predicted octanol–water partition coefficient (Wildman–Crippen LogP) is 1.06. The highest BCUT2D eigenvalue weighted by Gasteiger charge is 2.23. The third kappa shape index (κ3) is 2.28. The van der Waals surface area contributed by atoms with E-state index in [0.29, 0.717) is 12.0 Å². The maximum atomic E-state index is 5.49. The lowest BCUT2D eigenvalue weighted by molar-refractivity contribution is 0.233. The molecule has 0 radical (unpaired) electrons. The van der Waals surface area contributed by atoms with Crippen molar-refractivity contribution in [3.05, 3.63) is 24.3 Å². The molecule has 0 aliphatic carbocycles. The molecule has 20 heavy (non-hydrogen) atoms. The van der Waals surface area contributed by atoms with E-state index in [0.717, 1.165) is 36.4 Å². The minimum absolute atomic E-state index is 0.463. The first-order valence-electron chi connectivity index (χ1n) is 6.87. The van der Waals surface area contributed by atoms with Crippen LogP contribution in [0.2, 0.25) is 0 Å². The summed E-state index contributed by atoms with van der Waals surface area (Å²) in [6.45, 7) is 5.19. The minimum Gasteiger partial charge on any atom is -0.353 e. The van der Waals surface area contributed by atoms with Crippen LogP contribution in [0.4, 0.5) is 11.8 Å². The molecule has 1 saturated heterocycles. The maximum absolute atomic E-state index is 5.49. The monoisotopic (exact) mass is 272 g/mol. The molecule has 3 N–H and O–H groups in total. The van der Waals surface area contributed by atoms with Crippen LogP contribution in [0.1, 0.15) is 6.92 Å². The number of likely N-dealkylation sites (N-methyl/N-ethyl adjacent to an activating group) is 1. The molecule has 0 saturated carbocycles. The van der Waals surface area contributed by atoms with Crippen molar-refractivity contribution in [2.75, 3.05) is 37.0 Å². The number of hydrogen-bond donors (Lipinski definition) is 2. The quantitative estimate of drug-likeness (QED) is 0.629. The van der Waals surface area contributed by atoms with Crippen LogP contribution in [-0.2, 0) is 0 Å². The predicted molar refractivity (Wildman–Crippen MR) is 81.7 cm³/mol. The summed E-state index contributed by atoms with van der Waals surface area (Å²) >= 11 is 0. The molecule has 0 amide bonds. The molecule has 1 unspecified atom stereocenters. The highest BCUT2D eigenvalue weighted by Crippen LogP contribution is 2.26. The summed E-state index contributed by atoms with van der Waals surface area (Å²) in [6.07, 6.45) is 0. The average molecular weight is 272 g/mol. The number of hydrazine groups is 1. The largest absolute Gasteiger partial charge is 0.353 e. The van der Waals surface area contributed by atoms with Crippen molar-refractivity contribution in [3.8, 4) is 0 Å². The normalized spacial score (nSPS) is 20.4. The number of fused-ring (bicyclic) bond motifs is 1. The fraction of sp³-hybridized carbons (Fsp3) is 0.429. The van der Waals surface area contributed by atoms with Gasteiger partial charge in [-0.2, -0.15) is 4.98 Å². The number of nitrogens with zero attached hydrogens (tertiary/aromatic N) is 4. The second-order valence-corrected chi connectivity index (χ2v) is 5.31. The molecule has 6 heteroatoms. The second-order valence-electron chi connectivity index (χ2n) is 5.31. The number of hydrogen-bond acceptors (Lipinski definition) is 6. The first-order valence-corrected chi connectivity index (χ1v) is 6.87. The molecule has 1 aliphatic heterocycles. The van der Waals surface area contributed by atoms with Crippen molar-refractivity contribution < 1.29 is 0 Å². The number of piperazine rings is 1. The van der Waals surface area contributed by atoms with E-state index in [-0.39, 0.29) is 0 Å². The van der Waals surface area contributed by atoms with Crippen molar-refractivity contribution in [2.24, 2.45) is 5.84 Å². The fourth-order valence-electron chi connectivity index (χ4n) is 2.61. The molecule has 1 aliphatic rings. The van der Waals surface area contributed by atoms with Gasteiger partial charge in [0.1, 0.15) is 5.82 Å². The van der Waals surface area contributed by atoms with E-state index in [1.165, 1.54) is 0 Å². The third-order valence-corrected chi connectivity index (χ3v) is 3.97. The molecule has 2 heterocycles. The molecule has 106 valence electrons. The van der Waals surface area contributed by atoms with Gasteiger partial charge in [0.15, 0.2) is 0 Å². The van der Waals surface area contributed by atoms with Crippen LogP contribution in [0.15, 0.2) is 24.3 Å². The van der Waals surface area contributed by atoms with E-state index in [4.69, 9.17) is 5.84 Å². The van der Waals surface area contributed by atoms with E-state index in [2.05, 4.69) is 45.2 Å². The Bertz CT molecular complexity index is 614. The topological polar surface area (TPSA) is 70.3 Å². The highest BCUT2D eigenvalue weighted by molar-refractivity contribution is 5.90. The number of para-hydroxylation sites is 1. The Hall–Kier alpha value is -1.92. The maximum Gasteiger partial charge on any atom is 0.239 e. The van der Waals surface area contributed by atoms with Crippen LogP contribution in [-0.4, -0.2) is 47.6 Å². The zero-order chi connectivity index (χ0) is 14.1. The zero-order valence-corrected chi connectivity index (χ0v) is 11.9. The molecule has 2 aromatic rings. The number of benzene rings is 1. The van der Waals surface area contributed by atoms with Gasteiger partial charge in [-0.05, 0) is 26.1 Å². The van der Waals surface area contributed by atoms with E-state index in [1.807, 2.05) is 18.2 Å². The van der Waals surface area contributed by atoms with Crippen molar-refractivity contribution >= 4 is 22.7 Å². The first kappa shape index (κ1) is 13.1. The Morgan fingerprint density at radius 1 is 1.25 bits per heavy atom. The van der Waals surface area contributed by atoms with Crippen molar-refractivity contribution in [3.63, 3.8) is 0 Å². The number of anilines is 2. The SMILES string of the molecule is CC1CN(c2nc(NN)nc3ccccc23)CCN1C. The molecule has 0 bridgehead atoms. The Kier molecular flexibility index (Phi) is 3.42. The van der Waals surface area contributed by atoms with Crippen LogP contribution in [0, 0.1) is 0 Å². The summed E-state index contributed by atoms with van der Waals surface area (Å²) in [4.78, 5) is 13.6. The van der Waals surface area contributed by atoms with Crippen LogP contribution in [0.5, 0.6) is 0 Å². The Balaban J connectivity index is 2.05. The van der Waals surface area contributed by atoms with Gasteiger partial charge in [-0.25, -0.2) is 10.8 Å². The number of rotatable bonds is 2. The lowest BCUT2D eigenvalue weighted by atomic mass is 10.1. The summed E-state index contributed by atoms with van der Waals surface area (Å²) < 4.78 is 0. The molecule has 6 nitrogen and oxygen atoms in total. The second kappa shape index (κ2) is 5.22. The average Bonchev–Trinajstić information content (AvgIpc) is 2.49. The third-order valence-electron chi connectivity index (χ3n) is 3.97. The standard InChI is InChI=1S/C14H20N6/c1-10-9-20(8-7-19(10)2)13-11-5-3-4-6-12(11)16-14(17-13)18-15/h3-6,10H,7-9,15H2,1-2H3,(H,16,17,18). The van der Waals surface area contributed by atoms with Gasteiger partial charge in [0.2, 0.25) is 5.95 Å². The number of nitrogens with one attached hydrogen (secondary N) is 1. The molecule has 1 atom stereocenters. The zero-order valence-electron chi connectivity index (χ0n) is 11.9. The first-order chi connectivity index (χ1) is 9.69. The van der Waals surface area contributed by atoms with E-state index >= 15 is 0 Å². The molecule has 0 spiro atoms. The van der Waals surface area contributed by atoms with E-state index in [9.17, 15) is 0 Å². The Morgan fingerprint density at radius 3 is 2.80 bits per heavy atom. The van der Waals surface area contributed by atoms with Gasteiger partial charge in [0.05, 0.1) is 5.52 Å².